The molecule has 2 aromatic rings. The Bertz CT molecular complexity index is 674. The van der Waals surface area contributed by atoms with E-state index in [-0.39, 0.29) is 18.7 Å². The van der Waals surface area contributed by atoms with Gasteiger partial charge < -0.3 is 20.5 Å². The summed E-state index contributed by atoms with van der Waals surface area (Å²) in [6.07, 6.45) is 1.28. The van der Waals surface area contributed by atoms with Crippen molar-refractivity contribution >= 4 is 6.03 Å². The van der Waals surface area contributed by atoms with Crippen LogP contribution in [0.5, 0.6) is 5.75 Å². The highest BCUT2D eigenvalue weighted by molar-refractivity contribution is 5.74. The van der Waals surface area contributed by atoms with Gasteiger partial charge in [-0.1, -0.05) is 48.0 Å². The fraction of sp³-hybridized carbons (Fsp3) is 0.350. The molecule has 0 saturated heterocycles. The van der Waals surface area contributed by atoms with Crippen LogP contribution in [0, 0.1) is 6.92 Å². The molecule has 0 heterocycles. The summed E-state index contributed by atoms with van der Waals surface area (Å²) in [7, 11) is 1.64. The standard InChI is InChI=1S/C20H26N2O3/c1-15-8-9-19(25-2)17(12-15)10-11-21-20(24)22-18(14-23)13-16-6-4-3-5-7-16/h3-9,12,18,23H,10-11,13-14H2,1-2H3,(H2,21,22,24). The number of ether oxygens (including phenoxy) is 1. The molecule has 0 aromatic heterocycles. The first-order valence-electron chi connectivity index (χ1n) is 8.45. The Kier molecular flexibility index (Phi) is 7.29. The van der Waals surface area contributed by atoms with Gasteiger partial charge in [0.05, 0.1) is 19.8 Å². The smallest absolute Gasteiger partial charge is 0.315 e. The molecule has 0 radical (unpaired) electrons. The summed E-state index contributed by atoms with van der Waals surface area (Å²) in [5, 5.41) is 15.1. The number of benzene rings is 2. The number of carbonyl (C=O) groups is 1. The molecule has 25 heavy (non-hydrogen) atoms. The lowest BCUT2D eigenvalue weighted by molar-refractivity contribution is 0.216. The molecule has 0 fully saturated rings. The third-order valence-electron chi connectivity index (χ3n) is 4.00. The zero-order valence-corrected chi connectivity index (χ0v) is 14.8. The fourth-order valence-corrected chi connectivity index (χ4v) is 2.71. The molecular weight excluding hydrogens is 316 g/mol. The number of nitrogens with one attached hydrogen (secondary N) is 2. The van der Waals surface area contributed by atoms with Crippen LogP contribution in [0.3, 0.4) is 0 Å². The molecule has 0 aliphatic rings. The van der Waals surface area contributed by atoms with E-state index in [2.05, 4.69) is 16.7 Å². The largest absolute Gasteiger partial charge is 0.496 e. The monoisotopic (exact) mass is 342 g/mol. The molecule has 3 N–H and O–H groups in total. The summed E-state index contributed by atoms with van der Waals surface area (Å²) in [6, 6.07) is 15.2. The number of aliphatic hydroxyl groups is 1. The lowest BCUT2D eigenvalue weighted by atomic mass is 10.1. The first-order chi connectivity index (χ1) is 12.1. The lowest BCUT2D eigenvalue weighted by Gasteiger charge is -2.17. The quantitative estimate of drug-likeness (QED) is 0.690. The summed E-state index contributed by atoms with van der Waals surface area (Å²) in [5.41, 5.74) is 3.29. The number of hydrogen-bond acceptors (Lipinski definition) is 3. The number of aryl methyl sites for hydroxylation is 1. The van der Waals surface area contributed by atoms with Crippen molar-refractivity contribution in [1.29, 1.82) is 0 Å². The van der Waals surface area contributed by atoms with Gasteiger partial charge in [0.25, 0.3) is 0 Å². The number of amides is 2. The predicted molar refractivity (Wildman–Crippen MR) is 99.0 cm³/mol. The molecule has 0 aliphatic carbocycles. The van der Waals surface area contributed by atoms with Gasteiger partial charge in [-0.05, 0) is 37.0 Å². The van der Waals surface area contributed by atoms with Gasteiger partial charge in [0.15, 0.2) is 0 Å². The minimum Gasteiger partial charge on any atom is -0.496 e. The van der Waals surface area contributed by atoms with E-state index in [1.165, 1.54) is 0 Å². The molecule has 0 saturated carbocycles. The van der Waals surface area contributed by atoms with Crippen LogP contribution < -0.4 is 15.4 Å². The van der Waals surface area contributed by atoms with Crippen molar-refractivity contribution in [3.63, 3.8) is 0 Å². The molecule has 0 aliphatic heterocycles. The highest BCUT2D eigenvalue weighted by Crippen LogP contribution is 2.19. The first-order valence-corrected chi connectivity index (χ1v) is 8.45. The molecule has 1 unspecified atom stereocenters. The lowest BCUT2D eigenvalue weighted by Crippen LogP contribution is -2.45. The van der Waals surface area contributed by atoms with Crippen LogP contribution in [0.15, 0.2) is 48.5 Å². The number of hydrogen-bond donors (Lipinski definition) is 3. The van der Waals surface area contributed by atoms with Crippen LogP contribution in [0.25, 0.3) is 0 Å². The highest BCUT2D eigenvalue weighted by atomic mass is 16.5. The zero-order chi connectivity index (χ0) is 18.1. The summed E-state index contributed by atoms with van der Waals surface area (Å²) < 4.78 is 5.34. The molecular formula is C20H26N2O3. The van der Waals surface area contributed by atoms with Gasteiger partial charge in [-0.2, -0.15) is 0 Å². The number of carbonyl (C=O) groups excluding carboxylic acids is 1. The summed E-state index contributed by atoms with van der Waals surface area (Å²) >= 11 is 0. The minimum absolute atomic E-state index is 0.103. The molecule has 0 spiro atoms. The van der Waals surface area contributed by atoms with Gasteiger partial charge in [-0.25, -0.2) is 4.79 Å². The van der Waals surface area contributed by atoms with Crippen molar-refractivity contribution in [2.45, 2.75) is 25.8 Å². The van der Waals surface area contributed by atoms with E-state index in [9.17, 15) is 9.90 Å². The number of rotatable bonds is 8. The Morgan fingerprint density at radius 3 is 2.64 bits per heavy atom. The third kappa shape index (κ3) is 6.12. The summed E-state index contributed by atoms with van der Waals surface area (Å²) in [6.45, 7) is 2.42. The maximum atomic E-state index is 12.0. The Labute approximate surface area is 149 Å². The molecule has 2 aromatic carbocycles. The van der Waals surface area contributed by atoms with Crippen LogP contribution in [-0.4, -0.2) is 37.4 Å². The van der Waals surface area contributed by atoms with Crippen molar-refractivity contribution < 1.29 is 14.6 Å². The van der Waals surface area contributed by atoms with E-state index in [1.807, 2.05) is 49.4 Å². The summed E-state index contributed by atoms with van der Waals surface area (Å²) in [5.74, 6) is 0.824. The fourth-order valence-electron chi connectivity index (χ4n) is 2.71. The first kappa shape index (κ1) is 18.8. The second-order valence-electron chi connectivity index (χ2n) is 6.03. The van der Waals surface area contributed by atoms with Crippen LogP contribution in [0.1, 0.15) is 16.7 Å². The Hall–Kier alpha value is -2.53. The maximum Gasteiger partial charge on any atom is 0.315 e. The van der Waals surface area contributed by atoms with Crippen molar-refractivity contribution in [2.75, 3.05) is 20.3 Å². The van der Waals surface area contributed by atoms with Gasteiger partial charge in [0.2, 0.25) is 0 Å². The van der Waals surface area contributed by atoms with Crippen molar-refractivity contribution in [3.8, 4) is 5.75 Å². The average Bonchev–Trinajstić information content (AvgIpc) is 2.62. The van der Waals surface area contributed by atoms with Crippen molar-refractivity contribution in [1.82, 2.24) is 10.6 Å². The van der Waals surface area contributed by atoms with Gasteiger partial charge in [-0.3, -0.25) is 0 Å². The molecule has 5 nitrogen and oxygen atoms in total. The zero-order valence-electron chi connectivity index (χ0n) is 14.8. The van der Waals surface area contributed by atoms with Gasteiger partial charge in [0, 0.05) is 6.54 Å². The topological polar surface area (TPSA) is 70.6 Å². The van der Waals surface area contributed by atoms with Crippen LogP contribution in [-0.2, 0) is 12.8 Å². The van der Waals surface area contributed by atoms with E-state index in [1.54, 1.807) is 7.11 Å². The van der Waals surface area contributed by atoms with Gasteiger partial charge >= 0.3 is 6.03 Å². The van der Waals surface area contributed by atoms with Crippen LogP contribution in [0.4, 0.5) is 4.79 Å². The SMILES string of the molecule is COc1ccc(C)cc1CCNC(=O)NC(CO)Cc1ccccc1. The molecule has 1 atom stereocenters. The van der Waals surface area contributed by atoms with Crippen molar-refractivity contribution in [2.24, 2.45) is 0 Å². The predicted octanol–water partition coefficient (Wildman–Crippen LogP) is 2.45. The normalized spacial score (nSPS) is 11.6. The number of aliphatic hydroxyl groups excluding tert-OH is 1. The van der Waals surface area contributed by atoms with E-state index in [0.717, 1.165) is 22.4 Å². The van der Waals surface area contributed by atoms with E-state index < -0.39 is 0 Å². The number of methoxy groups -OCH3 is 1. The second-order valence-corrected chi connectivity index (χ2v) is 6.03. The Morgan fingerprint density at radius 1 is 1.20 bits per heavy atom. The van der Waals surface area contributed by atoms with Crippen LogP contribution >= 0.6 is 0 Å². The van der Waals surface area contributed by atoms with Crippen LogP contribution in [0.2, 0.25) is 0 Å². The highest BCUT2D eigenvalue weighted by Gasteiger charge is 2.12. The Balaban J connectivity index is 1.80. The minimum atomic E-state index is -0.309. The molecule has 134 valence electrons. The average molecular weight is 342 g/mol. The number of urea groups is 1. The summed E-state index contributed by atoms with van der Waals surface area (Å²) in [4.78, 5) is 12.0. The molecule has 0 bridgehead atoms. The molecule has 2 rings (SSSR count). The van der Waals surface area contributed by atoms with E-state index >= 15 is 0 Å². The van der Waals surface area contributed by atoms with Crippen molar-refractivity contribution in [3.05, 3.63) is 65.2 Å². The van der Waals surface area contributed by atoms with Gasteiger partial charge in [0.1, 0.15) is 5.75 Å². The molecule has 2 amide bonds. The van der Waals surface area contributed by atoms with E-state index in [0.29, 0.717) is 19.4 Å². The Morgan fingerprint density at radius 2 is 1.96 bits per heavy atom. The molecule has 5 heteroatoms. The third-order valence-corrected chi connectivity index (χ3v) is 4.00. The van der Waals surface area contributed by atoms with E-state index in [4.69, 9.17) is 4.74 Å². The maximum absolute atomic E-state index is 12.0. The second kappa shape index (κ2) is 9.69. The van der Waals surface area contributed by atoms with Gasteiger partial charge in [-0.15, -0.1) is 0 Å².